The van der Waals surface area contributed by atoms with Crippen LogP contribution in [0.4, 0.5) is 5.00 Å². The number of thiophene rings is 1. The molecule has 0 aliphatic carbocycles. The molecule has 0 aliphatic heterocycles. The van der Waals surface area contributed by atoms with Crippen LogP contribution in [0.5, 0.6) is 0 Å². The molecule has 1 rings (SSSR count). The minimum absolute atomic E-state index is 0.907. The Morgan fingerprint density at radius 2 is 2.50 bits per heavy atom. The Hall–Kier alpha value is -1.09. The first kappa shape index (κ1) is 7.02. The number of hydrogen-bond acceptors (Lipinski definition) is 3. The van der Waals surface area contributed by atoms with Crippen molar-refractivity contribution >= 4 is 22.6 Å². The first-order valence-electron chi connectivity index (χ1n) is 2.84. The highest BCUT2D eigenvalue weighted by molar-refractivity contribution is 7.14. The number of nitrogens with one attached hydrogen (secondary N) is 2. The summed E-state index contributed by atoms with van der Waals surface area (Å²) >= 11 is 1.57. The SMILES string of the molecule is C=CNc1sccc1C=N. The number of anilines is 1. The third-order valence-electron chi connectivity index (χ3n) is 1.08. The summed E-state index contributed by atoms with van der Waals surface area (Å²) in [5.41, 5.74) is 0.907. The second kappa shape index (κ2) is 3.17. The van der Waals surface area contributed by atoms with Gasteiger partial charge < -0.3 is 10.7 Å². The third-order valence-corrected chi connectivity index (χ3v) is 1.95. The van der Waals surface area contributed by atoms with E-state index in [0.29, 0.717) is 0 Å². The van der Waals surface area contributed by atoms with Crippen molar-refractivity contribution in [2.75, 3.05) is 5.32 Å². The summed E-state index contributed by atoms with van der Waals surface area (Å²) in [6.45, 7) is 3.53. The van der Waals surface area contributed by atoms with Gasteiger partial charge in [0.15, 0.2) is 0 Å². The van der Waals surface area contributed by atoms with Crippen LogP contribution in [0.25, 0.3) is 0 Å². The molecular formula is C7H8N2S. The van der Waals surface area contributed by atoms with Crippen molar-refractivity contribution in [2.45, 2.75) is 0 Å². The van der Waals surface area contributed by atoms with Gasteiger partial charge in [0.2, 0.25) is 0 Å². The van der Waals surface area contributed by atoms with Crippen LogP contribution >= 0.6 is 11.3 Å². The van der Waals surface area contributed by atoms with Crippen molar-refractivity contribution in [2.24, 2.45) is 0 Å². The van der Waals surface area contributed by atoms with Crippen molar-refractivity contribution in [3.8, 4) is 0 Å². The van der Waals surface area contributed by atoms with Crippen molar-refractivity contribution in [3.05, 3.63) is 29.8 Å². The molecule has 52 valence electrons. The van der Waals surface area contributed by atoms with E-state index in [-0.39, 0.29) is 0 Å². The third kappa shape index (κ3) is 1.25. The summed E-state index contributed by atoms with van der Waals surface area (Å²) < 4.78 is 0. The fourth-order valence-corrected chi connectivity index (χ4v) is 1.41. The van der Waals surface area contributed by atoms with Gasteiger partial charge >= 0.3 is 0 Å². The van der Waals surface area contributed by atoms with Crippen LogP contribution in [0.1, 0.15) is 5.56 Å². The zero-order valence-corrected chi connectivity index (χ0v) is 6.24. The van der Waals surface area contributed by atoms with Crippen LogP contribution in [0.3, 0.4) is 0 Å². The van der Waals surface area contributed by atoms with Crippen LogP contribution in [0.15, 0.2) is 24.2 Å². The van der Waals surface area contributed by atoms with Gasteiger partial charge in [0, 0.05) is 11.8 Å². The smallest absolute Gasteiger partial charge is 0.101 e. The first-order valence-corrected chi connectivity index (χ1v) is 3.72. The second-order valence-corrected chi connectivity index (χ2v) is 2.61. The lowest BCUT2D eigenvalue weighted by molar-refractivity contribution is 1.55. The quantitative estimate of drug-likeness (QED) is 0.640. The lowest BCUT2D eigenvalue weighted by Gasteiger charge is -1.94. The predicted molar refractivity (Wildman–Crippen MR) is 46.0 cm³/mol. The lowest BCUT2D eigenvalue weighted by atomic mass is 10.3. The molecule has 0 unspecified atom stereocenters. The van der Waals surface area contributed by atoms with Crippen LogP contribution < -0.4 is 5.32 Å². The van der Waals surface area contributed by atoms with E-state index in [9.17, 15) is 0 Å². The molecule has 0 saturated carbocycles. The summed E-state index contributed by atoms with van der Waals surface area (Å²) in [7, 11) is 0. The van der Waals surface area contributed by atoms with Crippen molar-refractivity contribution in [1.82, 2.24) is 0 Å². The molecule has 0 saturated heterocycles. The molecule has 0 atom stereocenters. The van der Waals surface area contributed by atoms with Gasteiger partial charge in [-0.05, 0) is 17.6 Å². The van der Waals surface area contributed by atoms with Gasteiger partial charge in [-0.1, -0.05) is 6.58 Å². The van der Waals surface area contributed by atoms with Gasteiger partial charge in [-0.25, -0.2) is 0 Å². The van der Waals surface area contributed by atoms with Crippen LogP contribution in [0.2, 0.25) is 0 Å². The maximum absolute atomic E-state index is 6.99. The van der Waals surface area contributed by atoms with Gasteiger partial charge in [-0.3, -0.25) is 0 Å². The van der Waals surface area contributed by atoms with Crippen molar-refractivity contribution < 1.29 is 0 Å². The lowest BCUT2D eigenvalue weighted by Crippen LogP contribution is -1.85. The van der Waals surface area contributed by atoms with Gasteiger partial charge in [-0.15, -0.1) is 11.3 Å². The molecule has 1 aromatic rings. The highest BCUT2D eigenvalue weighted by atomic mass is 32.1. The number of hydrogen-bond donors (Lipinski definition) is 2. The average molecular weight is 152 g/mol. The highest BCUT2D eigenvalue weighted by Gasteiger charge is 1.96. The Morgan fingerprint density at radius 3 is 3.10 bits per heavy atom. The summed E-state index contributed by atoms with van der Waals surface area (Å²) in [5, 5.41) is 12.8. The minimum Gasteiger partial charge on any atom is -0.354 e. The molecule has 0 bridgehead atoms. The topological polar surface area (TPSA) is 35.9 Å². The molecule has 0 fully saturated rings. The Labute approximate surface area is 63.7 Å². The number of rotatable bonds is 3. The van der Waals surface area contributed by atoms with E-state index < -0.39 is 0 Å². The van der Waals surface area contributed by atoms with E-state index in [0.717, 1.165) is 10.6 Å². The van der Waals surface area contributed by atoms with E-state index in [1.165, 1.54) is 6.21 Å². The second-order valence-electron chi connectivity index (χ2n) is 1.70. The molecule has 0 aliphatic rings. The van der Waals surface area contributed by atoms with E-state index >= 15 is 0 Å². The largest absolute Gasteiger partial charge is 0.354 e. The molecule has 2 nitrogen and oxygen atoms in total. The standard InChI is InChI=1S/C7H8N2S/c1-2-9-7-6(5-8)3-4-10-7/h2-5,8-9H,1H2. The maximum Gasteiger partial charge on any atom is 0.101 e. The molecule has 1 heterocycles. The molecule has 3 heteroatoms. The molecule has 2 N–H and O–H groups in total. The van der Waals surface area contributed by atoms with Crippen molar-refractivity contribution in [1.29, 1.82) is 5.41 Å². The monoisotopic (exact) mass is 152 g/mol. The fourth-order valence-electron chi connectivity index (χ4n) is 0.643. The summed E-state index contributed by atoms with van der Waals surface area (Å²) in [4.78, 5) is 0. The van der Waals surface area contributed by atoms with Crippen LogP contribution in [0, 0.1) is 5.41 Å². The molecule has 0 amide bonds. The summed E-state index contributed by atoms with van der Waals surface area (Å²) in [6.07, 6.45) is 2.93. The molecule has 10 heavy (non-hydrogen) atoms. The molecule has 0 spiro atoms. The Balaban J connectivity index is 2.89. The van der Waals surface area contributed by atoms with Crippen molar-refractivity contribution in [3.63, 3.8) is 0 Å². The van der Waals surface area contributed by atoms with E-state index in [4.69, 9.17) is 5.41 Å². The zero-order valence-electron chi connectivity index (χ0n) is 5.42. The molecule has 1 aromatic heterocycles. The fraction of sp³-hybridized carbons (Fsp3) is 0. The van der Waals surface area contributed by atoms with Gasteiger partial charge in [0.25, 0.3) is 0 Å². The molecular weight excluding hydrogens is 144 g/mol. The zero-order chi connectivity index (χ0) is 7.40. The van der Waals surface area contributed by atoms with Crippen LogP contribution in [-0.2, 0) is 0 Å². The Bertz CT molecular complexity index is 240. The van der Waals surface area contributed by atoms with Gasteiger partial charge in [0.05, 0.1) is 0 Å². The Morgan fingerprint density at radius 1 is 1.70 bits per heavy atom. The molecule has 0 aromatic carbocycles. The van der Waals surface area contributed by atoms with E-state index in [1.54, 1.807) is 17.5 Å². The van der Waals surface area contributed by atoms with E-state index in [1.807, 2.05) is 11.4 Å². The minimum atomic E-state index is 0.907. The van der Waals surface area contributed by atoms with Gasteiger partial charge in [0.1, 0.15) is 5.00 Å². The average Bonchev–Trinajstić information content (AvgIpc) is 2.36. The molecule has 0 radical (unpaired) electrons. The summed E-state index contributed by atoms with van der Waals surface area (Å²) in [5.74, 6) is 0. The highest BCUT2D eigenvalue weighted by Crippen LogP contribution is 2.20. The normalized spacial score (nSPS) is 8.80. The first-order chi connectivity index (χ1) is 4.88. The summed E-state index contributed by atoms with van der Waals surface area (Å²) in [6, 6.07) is 1.89. The predicted octanol–water partition coefficient (Wildman–Crippen LogP) is 2.30. The Kier molecular flexibility index (Phi) is 2.23. The van der Waals surface area contributed by atoms with Gasteiger partial charge in [-0.2, -0.15) is 0 Å². The maximum atomic E-state index is 6.99. The van der Waals surface area contributed by atoms with Crippen LogP contribution in [-0.4, -0.2) is 6.21 Å². The van der Waals surface area contributed by atoms with E-state index in [2.05, 4.69) is 11.9 Å².